The maximum atomic E-state index is 12.5. The van der Waals surface area contributed by atoms with E-state index in [1.807, 2.05) is 56.4 Å². The van der Waals surface area contributed by atoms with Gasteiger partial charge in [-0.1, -0.05) is 29.5 Å². The Morgan fingerprint density at radius 1 is 1.09 bits per heavy atom. The number of amides is 1. The van der Waals surface area contributed by atoms with Crippen LogP contribution in [0.4, 0.5) is 5.69 Å². The van der Waals surface area contributed by atoms with E-state index in [-0.39, 0.29) is 11.5 Å². The molecule has 0 fully saturated rings. The molecule has 0 spiro atoms. The number of hydrogen-bond acceptors (Lipinski definition) is 7. The van der Waals surface area contributed by atoms with E-state index in [0.717, 1.165) is 36.4 Å². The molecule has 0 bridgehead atoms. The molecule has 1 N–H and O–H groups in total. The van der Waals surface area contributed by atoms with Crippen molar-refractivity contribution < 1.29 is 4.79 Å². The normalized spacial score (nSPS) is 11.3. The van der Waals surface area contributed by atoms with Gasteiger partial charge in [0.2, 0.25) is 0 Å². The molecular weight excluding hydrogens is 460 g/mol. The molecule has 0 unspecified atom stereocenters. The monoisotopic (exact) mass is 478 g/mol. The zero-order valence-electron chi connectivity index (χ0n) is 17.3. The number of thiazole rings is 2. The van der Waals surface area contributed by atoms with E-state index in [2.05, 4.69) is 15.3 Å². The van der Waals surface area contributed by atoms with E-state index < -0.39 is 0 Å². The third-order valence-electron chi connectivity index (χ3n) is 4.79. The van der Waals surface area contributed by atoms with Crippen LogP contribution in [0.3, 0.4) is 0 Å². The van der Waals surface area contributed by atoms with Crippen LogP contribution in [0.5, 0.6) is 0 Å². The Bertz CT molecular complexity index is 1530. The van der Waals surface area contributed by atoms with Crippen LogP contribution in [-0.2, 0) is 5.75 Å². The molecule has 2 aromatic carbocycles. The Hall–Kier alpha value is -3.01. The maximum absolute atomic E-state index is 12.5. The number of nitrogens with one attached hydrogen (secondary N) is 1. The Kier molecular flexibility index (Phi) is 5.54. The topological polar surface area (TPSA) is 76.4 Å². The molecule has 0 saturated heterocycles. The number of carbonyl (C=O) groups excluding carboxylic acids is 1. The SMILES string of the molecule is Cc1cccc(C(=O)Nc2ccc3nc(SCc4cc(=O)n5cc(C)sc5n4)sc3c2)c1. The van der Waals surface area contributed by atoms with Crippen molar-refractivity contribution in [1.29, 1.82) is 0 Å². The highest BCUT2D eigenvalue weighted by molar-refractivity contribution is 8.00. The van der Waals surface area contributed by atoms with Crippen LogP contribution in [0.25, 0.3) is 15.2 Å². The molecule has 6 nitrogen and oxygen atoms in total. The Labute approximate surface area is 196 Å². The van der Waals surface area contributed by atoms with E-state index >= 15 is 0 Å². The summed E-state index contributed by atoms with van der Waals surface area (Å²) in [5.74, 6) is 0.433. The highest BCUT2D eigenvalue weighted by Gasteiger charge is 2.11. The van der Waals surface area contributed by atoms with Crippen LogP contribution in [0.2, 0.25) is 0 Å². The number of fused-ring (bicyclic) bond motifs is 2. The van der Waals surface area contributed by atoms with Gasteiger partial charge in [0.1, 0.15) is 0 Å². The summed E-state index contributed by atoms with van der Waals surface area (Å²) in [5.41, 5.74) is 3.97. The predicted octanol–water partition coefficient (Wildman–Crippen LogP) is 5.53. The van der Waals surface area contributed by atoms with Gasteiger partial charge in [0.15, 0.2) is 9.30 Å². The fourth-order valence-electron chi connectivity index (χ4n) is 3.30. The zero-order valence-corrected chi connectivity index (χ0v) is 19.7. The van der Waals surface area contributed by atoms with Crippen molar-refractivity contribution in [1.82, 2.24) is 14.4 Å². The Morgan fingerprint density at radius 3 is 2.81 bits per heavy atom. The molecule has 160 valence electrons. The quantitative estimate of drug-likeness (QED) is 0.336. The van der Waals surface area contributed by atoms with Gasteiger partial charge in [-0.3, -0.25) is 14.0 Å². The second kappa shape index (κ2) is 8.50. The van der Waals surface area contributed by atoms with Gasteiger partial charge < -0.3 is 5.32 Å². The molecule has 0 aliphatic rings. The molecule has 1 amide bonds. The lowest BCUT2D eigenvalue weighted by atomic mass is 10.1. The first-order valence-corrected chi connectivity index (χ1v) is 12.5. The number of nitrogens with zero attached hydrogens (tertiary/aromatic N) is 3. The summed E-state index contributed by atoms with van der Waals surface area (Å²) in [4.78, 5) is 35.8. The summed E-state index contributed by atoms with van der Waals surface area (Å²) in [5, 5.41) is 2.96. The number of rotatable bonds is 5. The molecule has 5 rings (SSSR count). The molecule has 5 aromatic rings. The molecule has 9 heteroatoms. The van der Waals surface area contributed by atoms with Gasteiger partial charge in [0.05, 0.1) is 15.9 Å². The molecule has 32 heavy (non-hydrogen) atoms. The van der Waals surface area contributed by atoms with Gasteiger partial charge in [0.25, 0.3) is 11.5 Å². The third-order valence-corrected chi connectivity index (χ3v) is 7.88. The molecule has 3 aromatic heterocycles. The second-order valence-electron chi connectivity index (χ2n) is 7.35. The number of anilines is 1. The van der Waals surface area contributed by atoms with E-state index in [4.69, 9.17) is 0 Å². The number of aromatic nitrogens is 3. The van der Waals surface area contributed by atoms with Gasteiger partial charge >= 0.3 is 0 Å². The van der Waals surface area contributed by atoms with E-state index in [9.17, 15) is 9.59 Å². The molecular formula is C23H18N4O2S3. The molecule has 0 aliphatic carbocycles. The van der Waals surface area contributed by atoms with Crippen molar-refractivity contribution >= 4 is 61.2 Å². The van der Waals surface area contributed by atoms with Crippen LogP contribution in [0.1, 0.15) is 26.5 Å². The molecule has 0 aliphatic heterocycles. The summed E-state index contributed by atoms with van der Waals surface area (Å²) in [6.07, 6.45) is 1.81. The summed E-state index contributed by atoms with van der Waals surface area (Å²) in [7, 11) is 0. The standard InChI is InChI=1S/C23H18N4O2S3/c1-13-4-3-5-15(8-13)21(29)24-16-6-7-18-19(9-16)32-23(26-18)30-12-17-10-20(28)27-11-14(2)31-22(27)25-17/h3-11H,12H2,1-2H3,(H,24,29). The van der Waals surface area contributed by atoms with E-state index in [1.165, 1.54) is 11.3 Å². The first-order chi connectivity index (χ1) is 15.4. The Morgan fingerprint density at radius 2 is 1.97 bits per heavy atom. The highest BCUT2D eigenvalue weighted by atomic mass is 32.2. The number of aryl methyl sites for hydroxylation is 2. The van der Waals surface area contributed by atoms with Crippen molar-refractivity contribution in [2.24, 2.45) is 0 Å². The second-order valence-corrected chi connectivity index (χ2v) is 10.8. The van der Waals surface area contributed by atoms with Gasteiger partial charge in [-0.15, -0.1) is 22.7 Å². The number of thioether (sulfide) groups is 1. The molecule has 0 saturated carbocycles. The van der Waals surface area contributed by atoms with Gasteiger partial charge in [-0.05, 0) is 44.2 Å². The first kappa shape index (κ1) is 20.9. The molecule has 3 heterocycles. The lowest BCUT2D eigenvalue weighted by Gasteiger charge is -2.05. The minimum atomic E-state index is -0.135. The van der Waals surface area contributed by atoms with Gasteiger partial charge in [-0.2, -0.15) is 0 Å². The minimum absolute atomic E-state index is 0.0618. The smallest absolute Gasteiger partial charge is 0.258 e. The lowest BCUT2D eigenvalue weighted by molar-refractivity contribution is 0.102. The largest absolute Gasteiger partial charge is 0.322 e. The molecule has 0 atom stereocenters. The fourth-order valence-corrected chi connectivity index (χ4v) is 6.15. The minimum Gasteiger partial charge on any atom is -0.322 e. The van der Waals surface area contributed by atoms with Crippen LogP contribution >= 0.6 is 34.4 Å². The van der Waals surface area contributed by atoms with Crippen molar-refractivity contribution in [3.05, 3.63) is 86.8 Å². The number of hydrogen-bond donors (Lipinski definition) is 1. The van der Waals surface area contributed by atoms with Crippen molar-refractivity contribution in [2.75, 3.05) is 5.32 Å². The molecule has 0 radical (unpaired) electrons. The third kappa shape index (κ3) is 4.32. The lowest BCUT2D eigenvalue weighted by Crippen LogP contribution is -2.12. The van der Waals surface area contributed by atoms with Crippen LogP contribution < -0.4 is 10.9 Å². The van der Waals surface area contributed by atoms with Crippen LogP contribution in [0.15, 0.2) is 63.9 Å². The van der Waals surface area contributed by atoms with Crippen LogP contribution in [0, 0.1) is 13.8 Å². The van der Waals surface area contributed by atoms with Crippen LogP contribution in [-0.4, -0.2) is 20.3 Å². The predicted molar refractivity (Wildman–Crippen MR) is 132 cm³/mol. The van der Waals surface area contributed by atoms with Crippen molar-refractivity contribution in [3.63, 3.8) is 0 Å². The number of carbonyl (C=O) groups is 1. The van der Waals surface area contributed by atoms with Crippen molar-refractivity contribution in [3.8, 4) is 0 Å². The summed E-state index contributed by atoms with van der Waals surface area (Å²) in [6.45, 7) is 3.93. The van der Waals surface area contributed by atoms with Gasteiger partial charge in [0, 0.05) is 34.1 Å². The Balaban J connectivity index is 1.32. The average Bonchev–Trinajstić information content (AvgIpc) is 3.34. The first-order valence-electron chi connectivity index (χ1n) is 9.85. The summed E-state index contributed by atoms with van der Waals surface area (Å²) < 4.78 is 3.47. The summed E-state index contributed by atoms with van der Waals surface area (Å²) >= 11 is 4.62. The fraction of sp³-hybridized carbons (Fsp3) is 0.130. The average molecular weight is 479 g/mol. The van der Waals surface area contributed by atoms with E-state index in [1.54, 1.807) is 39.6 Å². The number of benzene rings is 2. The van der Waals surface area contributed by atoms with E-state index in [0.29, 0.717) is 16.3 Å². The van der Waals surface area contributed by atoms with Crippen molar-refractivity contribution in [2.45, 2.75) is 23.9 Å². The summed E-state index contributed by atoms with van der Waals surface area (Å²) in [6, 6.07) is 14.8. The van der Waals surface area contributed by atoms with Gasteiger partial charge in [-0.25, -0.2) is 9.97 Å². The zero-order chi connectivity index (χ0) is 22.2. The highest BCUT2D eigenvalue weighted by Crippen LogP contribution is 2.33. The maximum Gasteiger partial charge on any atom is 0.258 e.